The second-order valence-corrected chi connectivity index (χ2v) is 8.88. The van der Waals surface area contributed by atoms with E-state index >= 15 is 0 Å². The van der Waals surface area contributed by atoms with Crippen LogP contribution in [0.1, 0.15) is 42.7 Å². The predicted octanol–water partition coefficient (Wildman–Crippen LogP) is 5.27. The van der Waals surface area contributed by atoms with E-state index in [1.165, 1.54) is 23.1 Å². The molecular weight excluding hydrogens is 500 g/mol. The molecule has 1 atom stereocenters. The first-order chi connectivity index (χ1) is 17.9. The van der Waals surface area contributed by atoms with E-state index in [4.69, 9.17) is 11.5 Å². The van der Waals surface area contributed by atoms with E-state index in [-0.39, 0.29) is 29.4 Å². The monoisotopic (exact) mass is 534 g/mol. The van der Waals surface area contributed by atoms with Crippen molar-refractivity contribution in [3.8, 4) is 11.3 Å². The highest BCUT2D eigenvalue weighted by Gasteiger charge is 2.49. The molecule has 1 aliphatic rings. The molecule has 7 nitrogen and oxygen atoms in total. The lowest BCUT2D eigenvalue weighted by molar-refractivity contribution is -0.0232. The van der Waals surface area contributed by atoms with Crippen molar-refractivity contribution < 1.29 is 22.4 Å². The van der Waals surface area contributed by atoms with Crippen molar-refractivity contribution in [3.63, 3.8) is 0 Å². The van der Waals surface area contributed by atoms with E-state index in [9.17, 15) is 22.4 Å². The number of rotatable bonds is 8. The van der Waals surface area contributed by atoms with Crippen molar-refractivity contribution in [3.05, 3.63) is 83.6 Å². The average molecular weight is 535 g/mol. The Hall–Kier alpha value is -3.86. The molecule has 1 aliphatic heterocycles. The first kappa shape index (κ1) is 30.4. The molecule has 1 fully saturated rings. The van der Waals surface area contributed by atoms with Gasteiger partial charge in [-0.25, -0.2) is 22.2 Å². The van der Waals surface area contributed by atoms with E-state index in [0.717, 1.165) is 10.2 Å². The Bertz CT molecular complexity index is 1230. The van der Waals surface area contributed by atoms with Gasteiger partial charge in [-0.1, -0.05) is 43.0 Å². The van der Waals surface area contributed by atoms with Gasteiger partial charge in [0, 0.05) is 24.4 Å². The number of amides is 1. The summed E-state index contributed by atoms with van der Waals surface area (Å²) in [5.41, 5.74) is 14.3. The van der Waals surface area contributed by atoms with Crippen LogP contribution in [0.2, 0.25) is 0 Å². The van der Waals surface area contributed by atoms with Gasteiger partial charge in [0.25, 0.3) is 11.8 Å². The number of nitrogen functional groups attached to an aromatic ring is 1. The van der Waals surface area contributed by atoms with Crippen molar-refractivity contribution >= 4 is 11.7 Å². The third kappa shape index (κ3) is 7.34. The summed E-state index contributed by atoms with van der Waals surface area (Å²) in [6.07, 6.45) is 4.58. The number of likely N-dealkylation sites (N-methyl/N-ethyl adjacent to an activating group) is 1. The third-order valence-electron chi connectivity index (χ3n) is 5.91. The number of anilines is 1. The molecule has 1 aromatic heterocycles. The first-order valence-electron chi connectivity index (χ1n) is 11.8. The number of likely N-dealkylation sites (tertiary alicyclic amines) is 1. The van der Waals surface area contributed by atoms with Crippen LogP contribution in [0.4, 0.5) is 23.4 Å². The topological polar surface area (TPSA) is 102 Å². The number of alkyl halides is 2. The Labute approximate surface area is 220 Å². The molecular formula is C27H34F4N6O. The largest absolute Gasteiger partial charge is 0.383 e. The first-order valence-corrected chi connectivity index (χ1v) is 11.8. The summed E-state index contributed by atoms with van der Waals surface area (Å²) in [5.74, 6) is -4.43. The Kier molecular flexibility index (Phi) is 10.5. The second-order valence-electron chi connectivity index (χ2n) is 8.88. The fraction of sp³-hybridized carbons (Fsp3) is 0.333. The maximum absolute atomic E-state index is 14.5. The minimum absolute atomic E-state index is 0.0385. The molecule has 0 bridgehead atoms. The molecule has 3 rings (SSSR count). The van der Waals surface area contributed by atoms with Gasteiger partial charge in [0.2, 0.25) is 0 Å². The fourth-order valence-electron chi connectivity index (χ4n) is 3.85. The SMILES string of the molecule is C/C=C/F.C=C(NCc1ccc(-c2nn(C3CN(C)CC3(F)F)c(N)c2C(N)=O)cc1)/C(C)=C/C(F)=C\C. The van der Waals surface area contributed by atoms with Gasteiger partial charge in [0.1, 0.15) is 28.9 Å². The van der Waals surface area contributed by atoms with Crippen LogP contribution in [0.15, 0.2) is 72.5 Å². The van der Waals surface area contributed by atoms with Gasteiger partial charge < -0.3 is 16.8 Å². The van der Waals surface area contributed by atoms with Gasteiger partial charge in [-0.2, -0.15) is 5.10 Å². The van der Waals surface area contributed by atoms with E-state index in [1.54, 1.807) is 52.1 Å². The molecule has 0 radical (unpaired) electrons. The molecule has 206 valence electrons. The number of allylic oxidation sites excluding steroid dienone is 5. The number of hydrogen-bond acceptors (Lipinski definition) is 5. The van der Waals surface area contributed by atoms with Crippen LogP contribution in [0.3, 0.4) is 0 Å². The summed E-state index contributed by atoms with van der Waals surface area (Å²) in [5, 5.41) is 7.40. The zero-order valence-electron chi connectivity index (χ0n) is 21.9. The molecule has 2 aromatic rings. The van der Waals surface area contributed by atoms with Gasteiger partial charge >= 0.3 is 0 Å². The minimum Gasteiger partial charge on any atom is -0.383 e. The Morgan fingerprint density at radius 3 is 2.37 bits per heavy atom. The number of carbonyl (C=O) groups is 1. The number of aromatic nitrogens is 2. The number of hydrogen-bond donors (Lipinski definition) is 3. The fourth-order valence-corrected chi connectivity index (χ4v) is 3.85. The molecule has 11 heteroatoms. The van der Waals surface area contributed by atoms with E-state index < -0.39 is 24.4 Å². The molecule has 0 aliphatic carbocycles. The Balaban J connectivity index is 0.00000118. The Morgan fingerprint density at radius 2 is 1.89 bits per heavy atom. The molecule has 0 spiro atoms. The summed E-state index contributed by atoms with van der Waals surface area (Å²) in [6, 6.07) is 5.69. The molecule has 1 aromatic carbocycles. The van der Waals surface area contributed by atoms with E-state index in [1.807, 2.05) is 0 Å². The van der Waals surface area contributed by atoms with Crippen molar-refractivity contribution in [2.45, 2.75) is 39.3 Å². The molecule has 38 heavy (non-hydrogen) atoms. The van der Waals surface area contributed by atoms with Crippen LogP contribution in [-0.4, -0.2) is 46.6 Å². The van der Waals surface area contributed by atoms with E-state index in [0.29, 0.717) is 29.7 Å². The highest BCUT2D eigenvalue weighted by Crippen LogP contribution is 2.39. The van der Waals surface area contributed by atoms with E-state index in [2.05, 4.69) is 17.0 Å². The molecule has 2 heterocycles. The van der Waals surface area contributed by atoms with Crippen molar-refractivity contribution in [1.82, 2.24) is 20.0 Å². The predicted molar refractivity (Wildman–Crippen MR) is 143 cm³/mol. The summed E-state index contributed by atoms with van der Waals surface area (Å²) in [7, 11) is 1.58. The smallest absolute Gasteiger partial charge is 0.283 e. The minimum atomic E-state index is -3.05. The Morgan fingerprint density at radius 1 is 1.29 bits per heavy atom. The number of benzene rings is 1. The number of primary amides is 1. The highest BCUT2D eigenvalue weighted by molar-refractivity contribution is 6.03. The van der Waals surface area contributed by atoms with Gasteiger partial charge in [0.15, 0.2) is 0 Å². The number of halogens is 4. The van der Waals surface area contributed by atoms with Crippen LogP contribution in [0.25, 0.3) is 11.3 Å². The number of nitrogens with one attached hydrogen (secondary N) is 1. The lowest BCUT2D eigenvalue weighted by atomic mass is 10.0. The molecule has 0 saturated carbocycles. The van der Waals surface area contributed by atoms with Gasteiger partial charge in [-0.05, 0) is 45.0 Å². The summed E-state index contributed by atoms with van der Waals surface area (Å²) >= 11 is 0. The normalized spacial score (nSPS) is 17.8. The lowest BCUT2D eigenvalue weighted by Crippen LogP contribution is -2.31. The van der Waals surface area contributed by atoms with Crippen LogP contribution in [-0.2, 0) is 6.54 Å². The van der Waals surface area contributed by atoms with Crippen molar-refractivity contribution in [2.24, 2.45) is 5.73 Å². The molecule has 1 amide bonds. The number of nitrogens with zero attached hydrogens (tertiary/aromatic N) is 3. The van der Waals surface area contributed by atoms with Crippen LogP contribution in [0, 0.1) is 0 Å². The van der Waals surface area contributed by atoms with Crippen LogP contribution >= 0.6 is 0 Å². The average Bonchev–Trinajstić information content (AvgIpc) is 3.36. The highest BCUT2D eigenvalue weighted by atomic mass is 19.3. The summed E-state index contributed by atoms with van der Waals surface area (Å²) < 4.78 is 54.0. The standard InChI is InChI=1S/C24H29F3N6O.C3H5F/c1-5-18(25)10-14(2)15(3)30-11-16-6-8-17(9-7-16)21-20(23(29)34)22(28)33(31-21)19-12-32(4)13-24(19,26)27;1-2-3-4/h5-10,19,30H,3,11-13,28H2,1-2,4H3,(H2,29,34);2-3H,1H3/b14-10+,18-5+;3-2+. The second kappa shape index (κ2) is 13.1. The van der Waals surface area contributed by atoms with Gasteiger partial charge in [-0.15, -0.1) is 0 Å². The van der Waals surface area contributed by atoms with Crippen LogP contribution < -0.4 is 16.8 Å². The van der Waals surface area contributed by atoms with Crippen molar-refractivity contribution in [2.75, 3.05) is 25.9 Å². The van der Waals surface area contributed by atoms with Crippen molar-refractivity contribution in [1.29, 1.82) is 0 Å². The maximum atomic E-state index is 14.5. The molecule has 5 N–H and O–H groups in total. The van der Waals surface area contributed by atoms with Gasteiger partial charge in [-0.3, -0.25) is 9.69 Å². The third-order valence-corrected chi connectivity index (χ3v) is 5.91. The zero-order chi connectivity index (χ0) is 28.6. The maximum Gasteiger partial charge on any atom is 0.283 e. The summed E-state index contributed by atoms with van der Waals surface area (Å²) in [4.78, 5) is 13.6. The zero-order valence-corrected chi connectivity index (χ0v) is 21.9. The number of carbonyl (C=O) groups excluding carboxylic acids is 1. The number of nitrogens with two attached hydrogens (primary N) is 2. The van der Waals surface area contributed by atoms with Gasteiger partial charge in [0.05, 0.1) is 12.9 Å². The van der Waals surface area contributed by atoms with Crippen LogP contribution in [0.5, 0.6) is 0 Å². The molecule has 1 unspecified atom stereocenters. The molecule has 1 saturated heterocycles. The quantitative estimate of drug-likeness (QED) is 0.317. The lowest BCUT2D eigenvalue weighted by Gasteiger charge is -2.19. The summed E-state index contributed by atoms with van der Waals surface area (Å²) in [6.45, 7) is 8.91.